The number of halogens is 1. The molecule has 0 saturated heterocycles. The fraction of sp³-hybridized carbons (Fsp3) is 0.250. The summed E-state index contributed by atoms with van der Waals surface area (Å²) in [5.74, 6) is 0.777. The van der Waals surface area contributed by atoms with Crippen LogP contribution in [-0.2, 0) is 16.6 Å². The first-order valence-electron chi connectivity index (χ1n) is 5.86. The van der Waals surface area contributed by atoms with Crippen LogP contribution < -0.4 is 14.2 Å². The van der Waals surface area contributed by atoms with Crippen LogP contribution in [0.5, 0.6) is 11.5 Å². The first-order valence-corrected chi connectivity index (χ1v) is 8.14. The summed E-state index contributed by atoms with van der Waals surface area (Å²) in [6, 6.07) is 2.95. The van der Waals surface area contributed by atoms with Crippen molar-refractivity contribution in [1.82, 2.24) is 14.7 Å². The highest BCUT2D eigenvalue weighted by molar-refractivity contribution is 9.10. The third-order valence-corrected chi connectivity index (χ3v) is 5.09. The molecule has 0 radical (unpaired) electrons. The van der Waals surface area contributed by atoms with Gasteiger partial charge in [0.05, 0.1) is 27.1 Å². The lowest BCUT2D eigenvalue weighted by atomic mass is 10.3. The Morgan fingerprint density at radius 3 is 2.52 bits per heavy atom. The number of sulfonamides is 1. The summed E-state index contributed by atoms with van der Waals surface area (Å²) in [5.41, 5.74) is 0.662. The Kier molecular flexibility index (Phi) is 4.86. The number of methoxy groups -OCH3 is 2. The predicted molar refractivity (Wildman–Crippen MR) is 79.9 cm³/mol. The van der Waals surface area contributed by atoms with Crippen LogP contribution in [0.15, 0.2) is 34.0 Å². The Hall–Kier alpha value is -1.58. The number of aromatic nitrogens is 2. The van der Waals surface area contributed by atoms with Crippen molar-refractivity contribution in [2.45, 2.75) is 11.4 Å². The van der Waals surface area contributed by atoms with Gasteiger partial charge in [-0.25, -0.2) is 18.1 Å². The molecule has 0 unspecified atom stereocenters. The van der Waals surface area contributed by atoms with Gasteiger partial charge in [0.1, 0.15) is 4.90 Å². The van der Waals surface area contributed by atoms with E-state index in [1.807, 2.05) is 0 Å². The Morgan fingerprint density at radius 1 is 1.29 bits per heavy atom. The Labute approximate surface area is 130 Å². The number of hydrogen-bond donors (Lipinski definition) is 2. The van der Waals surface area contributed by atoms with Gasteiger partial charge in [0.2, 0.25) is 10.0 Å². The predicted octanol–water partition coefficient (Wildman–Crippen LogP) is 1.67. The van der Waals surface area contributed by atoms with Crippen molar-refractivity contribution in [3.8, 4) is 11.5 Å². The van der Waals surface area contributed by atoms with Gasteiger partial charge in [-0.2, -0.15) is 0 Å². The fourth-order valence-electron chi connectivity index (χ4n) is 1.67. The molecule has 0 atom stereocenters. The molecule has 7 nitrogen and oxygen atoms in total. The lowest BCUT2D eigenvalue weighted by molar-refractivity contribution is 0.353. The molecule has 0 amide bonds. The first kappa shape index (κ1) is 15.8. The number of rotatable bonds is 6. The molecule has 2 aromatic rings. The lowest BCUT2D eigenvalue weighted by Gasteiger charge is -2.12. The van der Waals surface area contributed by atoms with Crippen LogP contribution in [-0.4, -0.2) is 32.6 Å². The summed E-state index contributed by atoms with van der Waals surface area (Å²) in [4.78, 5) is 6.72. The van der Waals surface area contributed by atoms with Gasteiger partial charge >= 0.3 is 0 Å². The number of benzene rings is 1. The molecule has 0 saturated carbocycles. The molecule has 0 fully saturated rings. The molecule has 1 heterocycles. The summed E-state index contributed by atoms with van der Waals surface area (Å²) >= 11 is 3.23. The van der Waals surface area contributed by atoms with E-state index in [2.05, 4.69) is 30.6 Å². The van der Waals surface area contributed by atoms with Crippen molar-refractivity contribution < 1.29 is 17.9 Å². The lowest BCUT2D eigenvalue weighted by Crippen LogP contribution is -2.23. The second-order valence-corrected chi connectivity index (χ2v) is 6.63. The van der Waals surface area contributed by atoms with E-state index < -0.39 is 10.0 Å². The highest BCUT2D eigenvalue weighted by Gasteiger charge is 2.21. The smallest absolute Gasteiger partial charge is 0.242 e. The third kappa shape index (κ3) is 3.55. The summed E-state index contributed by atoms with van der Waals surface area (Å²) in [7, 11) is -0.779. The number of ether oxygens (including phenoxy) is 2. The molecule has 0 bridgehead atoms. The molecule has 2 rings (SSSR count). The van der Waals surface area contributed by atoms with Crippen molar-refractivity contribution in [3.63, 3.8) is 0 Å². The van der Waals surface area contributed by atoms with Gasteiger partial charge in [-0.1, -0.05) is 0 Å². The molecule has 1 aromatic carbocycles. The highest BCUT2D eigenvalue weighted by Crippen LogP contribution is 2.35. The van der Waals surface area contributed by atoms with E-state index in [9.17, 15) is 8.42 Å². The maximum atomic E-state index is 12.3. The van der Waals surface area contributed by atoms with Gasteiger partial charge in [-0.3, -0.25) is 0 Å². The second kappa shape index (κ2) is 6.46. The second-order valence-electron chi connectivity index (χ2n) is 4.04. The summed E-state index contributed by atoms with van der Waals surface area (Å²) in [6.07, 6.45) is 3.03. The Balaban J connectivity index is 2.31. The quantitative estimate of drug-likeness (QED) is 0.800. The van der Waals surface area contributed by atoms with Gasteiger partial charge < -0.3 is 14.5 Å². The minimum absolute atomic E-state index is 0.0691. The van der Waals surface area contributed by atoms with E-state index >= 15 is 0 Å². The van der Waals surface area contributed by atoms with E-state index in [1.54, 1.807) is 12.3 Å². The van der Waals surface area contributed by atoms with Crippen LogP contribution in [0, 0.1) is 0 Å². The van der Waals surface area contributed by atoms with E-state index in [0.717, 1.165) is 0 Å². The largest absolute Gasteiger partial charge is 0.493 e. The van der Waals surface area contributed by atoms with Crippen molar-refractivity contribution in [2.24, 2.45) is 0 Å². The average Bonchev–Trinajstić information content (AvgIpc) is 2.98. The van der Waals surface area contributed by atoms with Crippen LogP contribution in [0.25, 0.3) is 0 Å². The molecule has 0 aliphatic rings. The third-order valence-electron chi connectivity index (χ3n) is 2.74. The first-order chi connectivity index (χ1) is 9.97. The monoisotopic (exact) mass is 375 g/mol. The molecule has 0 spiro atoms. The molecule has 0 aliphatic heterocycles. The molecule has 1 aromatic heterocycles. The Morgan fingerprint density at radius 2 is 1.95 bits per heavy atom. The van der Waals surface area contributed by atoms with E-state index in [0.29, 0.717) is 21.7 Å². The fourth-order valence-corrected chi connectivity index (χ4v) is 3.71. The minimum atomic E-state index is -3.70. The number of nitrogens with one attached hydrogen (secondary N) is 2. The van der Waals surface area contributed by atoms with E-state index in [-0.39, 0.29) is 11.4 Å². The molecule has 0 aliphatic carbocycles. The van der Waals surface area contributed by atoms with Gasteiger partial charge in [0.25, 0.3) is 0 Å². The van der Waals surface area contributed by atoms with Crippen LogP contribution in [0.1, 0.15) is 5.69 Å². The molecule has 9 heteroatoms. The topological polar surface area (TPSA) is 93.3 Å². The van der Waals surface area contributed by atoms with E-state index in [4.69, 9.17) is 9.47 Å². The van der Waals surface area contributed by atoms with Crippen LogP contribution in [0.3, 0.4) is 0 Å². The van der Waals surface area contributed by atoms with Gasteiger partial charge in [0, 0.05) is 22.4 Å². The minimum Gasteiger partial charge on any atom is -0.493 e. The maximum Gasteiger partial charge on any atom is 0.242 e. The summed E-state index contributed by atoms with van der Waals surface area (Å²) < 4.78 is 37.8. The molecular weight excluding hydrogens is 362 g/mol. The number of H-pyrrole nitrogens is 1. The number of nitrogens with zero attached hydrogens (tertiary/aromatic N) is 1. The van der Waals surface area contributed by atoms with Crippen molar-refractivity contribution in [3.05, 3.63) is 34.8 Å². The molecule has 21 heavy (non-hydrogen) atoms. The summed E-state index contributed by atoms with van der Waals surface area (Å²) in [6.45, 7) is 0.114. The number of hydrogen-bond acceptors (Lipinski definition) is 5. The molecule has 114 valence electrons. The highest BCUT2D eigenvalue weighted by atomic mass is 79.9. The van der Waals surface area contributed by atoms with E-state index in [1.165, 1.54) is 26.6 Å². The van der Waals surface area contributed by atoms with Crippen molar-refractivity contribution >= 4 is 26.0 Å². The Bertz CT molecular complexity index is 716. The van der Waals surface area contributed by atoms with Gasteiger partial charge in [0.15, 0.2) is 11.5 Å². The number of aromatic amines is 1. The van der Waals surface area contributed by atoms with Crippen LogP contribution in [0.4, 0.5) is 0 Å². The van der Waals surface area contributed by atoms with Crippen LogP contribution >= 0.6 is 15.9 Å². The zero-order chi connectivity index (χ0) is 15.5. The maximum absolute atomic E-state index is 12.3. The summed E-state index contributed by atoms with van der Waals surface area (Å²) in [5, 5.41) is 0. The molecule has 2 N–H and O–H groups in total. The average molecular weight is 376 g/mol. The standard InChI is InChI=1S/C12H14BrN3O4S/c1-19-10-3-9(13)12(4-11(10)20-2)21(17,18)16-6-8-5-14-7-15-8/h3-5,7,16H,6H2,1-2H3,(H,14,15). The zero-order valence-corrected chi connectivity index (χ0v) is 13.8. The zero-order valence-electron chi connectivity index (χ0n) is 11.4. The SMILES string of the molecule is COc1cc(Br)c(S(=O)(=O)NCc2cnc[nH]2)cc1OC. The van der Waals surface area contributed by atoms with Gasteiger partial charge in [-0.05, 0) is 22.0 Å². The van der Waals surface area contributed by atoms with Gasteiger partial charge in [-0.15, -0.1) is 0 Å². The normalized spacial score (nSPS) is 11.4. The molecular formula is C12H14BrN3O4S. The number of imidazole rings is 1. The van der Waals surface area contributed by atoms with Crippen LogP contribution in [0.2, 0.25) is 0 Å². The van der Waals surface area contributed by atoms with Crippen molar-refractivity contribution in [2.75, 3.05) is 14.2 Å². The van der Waals surface area contributed by atoms with Crippen molar-refractivity contribution in [1.29, 1.82) is 0 Å².